The van der Waals surface area contributed by atoms with Crippen LogP contribution in [0.25, 0.3) is 0 Å². The summed E-state index contributed by atoms with van der Waals surface area (Å²) in [6, 6.07) is 5.78. The van der Waals surface area contributed by atoms with Crippen LogP contribution in [0.5, 0.6) is 0 Å². The van der Waals surface area contributed by atoms with E-state index >= 15 is 0 Å². The first-order valence-corrected chi connectivity index (χ1v) is 8.92. The fourth-order valence-electron chi connectivity index (χ4n) is 3.26. The van der Waals surface area contributed by atoms with Gasteiger partial charge in [0, 0.05) is 24.5 Å². The van der Waals surface area contributed by atoms with Crippen LogP contribution in [0.2, 0.25) is 0 Å². The van der Waals surface area contributed by atoms with E-state index in [-0.39, 0.29) is 17.1 Å². The van der Waals surface area contributed by atoms with Crippen LogP contribution in [0.4, 0.5) is 0 Å². The smallest absolute Gasteiger partial charge is 0.741 e. The first-order chi connectivity index (χ1) is 11.6. The molecule has 8 heteroatoms. The third-order valence-corrected chi connectivity index (χ3v) is 4.85. The molecule has 2 saturated heterocycles. The molecule has 0 spiro atoms. The number of aromatic nitrogens is 1. The molecule has 3 heterocycles. The van der Waals surface area contributed by atoms with Crippen molar-refractivity contribution < 1.29 is 17.1 Å². The number of rotatable bonds is 2. The third-order valence-electron chi connectivity index (χ3n) is 4.52. The predicted octanol–water partition coefficient (Wildman–Crippen LogP) is 2.84. The maximum atomic E-state index is 7.13. The fourth-order valence-corrected chi connectivity index (χ4v) is 3.45. The Bertz CT molecular complexity index is 608. The zero-order chi connectivity index (χ0) is 17.4. The summed E-state index contributed by atoms with van der Waals surface area (Å²) in [6.07, 6.45) is 7.15. The van der Waals surface area contributed by atoms with Gasteiger partial charge in [-0.3, -0.25) is 4.98 Å². The second-order valence-electron chi connectivity index (χ2n) is 6.17. The van der Waals surface area contributed by atoms with Gasteiger partial charge in [-0.1, -0.05) is 11.5 Å². The van der Waals surface area contributed by atoms with E-state index in [1.54, 1.807) is 6.20 Å². The molecule has 0 atom stereocenters. The van der Waals surface area contributed by atoms with Gasteiger partial charge in [-0.15, -0.1) is 0 Å². The molecule has 2 aliphatic heterocycles. The monoisotopic (exact) mass is 422 g/mol. The van der Waals surface area contributed by atoms with Gasteiger partial charge in [-0.25, -0.2) is 5.26 Å². The van der Waals surface area contributed by atoms with E-state index < -0.39 is 0 Å². The van der Waals surface area contributed by atoms with Crippen molar-refractivity contribution >= 4 is 36.1 Å². The molecule has 1 radical (unpaired) electrons. The van der Waals surface area contributed by atoms with E-state index in [9.17, 15) is 0 Å². The molecule has 1 aromatic heterocycles. The zero-order valence-electron chi connectivity index (χ0n) is 14.1. The maximum Gasteiger partial charge on any atom is 2.00 e. The molecule has 2 bridgehead atoms. The van der Waals surface area contributed by atoms with Crippen LogP contribution >= 0.6 is 0 Å². The van der Waals surface area contributed by atoms with E-state index in [1.807, 2.05) is 25.1 Å². The quantitative estimate of drug-likeness (QED) is 0.183. The topological polar surface area (TPSA) is 64.6 Å². The van der Waals surface area contributed by atoms with Crippen LogP contribution in [0.3, 0.4) is 0 Å². The molecule has 3 aliphatic rings. The number of pyridine rings is 1. The van der Waals surface area contributed by atoms with E-state index in [2.05, 4.69) is 32.7 Å². The molecular formula is C17H21CuN5S2. The maximum absolute atomic E-state index is 7.13. The summed E-state index contributed by atoms with van der Waals surface area (Å²) in [7, 11) is 0. The molecule has 3 fully saturated rings. The Morgan fingerprint density at radius 1 is 1.20 bits per heavy atom. The summed E-state index contributed by atoms with van der Waals surface area (Å²) in [5, 5.41) is 17.6. The molecular weight excluding hydrogens is 402 g/mol. The first-order valence-electron chi connectivity index (χ1n) is 8.11. The van der Waals surface area contributed by atoms with Gasteiger partial charge in [0.2, 0.25) is 0 Å². The van der Waals surface area contributed by atoms with Crippen molar-refractivity contribution in [2.24, 2.45) is 22.0 Å². The Morgan fingerprint density at radius 3 is 2.24 bits per heavy atom. The fraction of sp³-hybridized carbons (Fsp3) is 0.529. The van der Waals surface area contributed by atoms with Crippen molar-refractivity contribution in [1.82, 2.24) is 9.88 Å². The van der Waals surface area contributed by atoms with Crippen LogP contribution in [-0.2, 0) is 42.3 Å². The minimum Gasteiger partial charge on any atom is -0.741 e. The molecule has 1 saturated carbocycles. The number of nitrogens with zero attached hydrogens (tertiary/aromatic N) is 5. The average molecular weight is 423 g/mol. The number of fused-ring (bicyclic) bond motifs is 4. The Kier molecular flexibility index (Phi) is 9.91. The average Bonchev–Trinajstić information content (AvgIpc) is 2.95. The standard InChI is InChI=1S/C16H22N4S.CHNS.Cu/c1-12(15-4-2-3-9-17-15)18-19-16(21)20-10-13-5-6-14(11-20)8-7-13;2-1-3;/h2-4,9,13-14H,5-8,10-11H2,1H3,(H,19,21);3H;/q;;+2/p-2/b18-12+;;. The molecule has 1 aliphatic carbocycles. The first kappa shape index (κ1) is 21.8. The van der Waals surface area contributed by atoms with E-state index in [4.69, 9.17) is 17.9 Å². The SMILES string of the molecule is C/C(=N\N=C(/[S-])N1CC2CCC(CC2)C1)c1ccccn1.N#C[S-].[Cu+2]. The normalized spacial score (nSPS) is 22.8. The number of thiocyanates is 1. The van der Waals surface area contributed by atoms with Crippen LogP contribution < -0.4 is 0 Å². The van der Waals surface area contributed by atoms with Crippen molar-refractivity contribution in [3.8, 4) is 5.40 Å². The molecule has 0 amide bonds. The summed E-state index contributed by atoms with van der Waals surface area (Å²) >= 11 is 9.17. The number of hydrogen-bond acceptors (Lipinski definition) is 6. The second kappa shape index (κ2) is 11.4. The molecule has 0 aromatic carbocycles. The van der Waals surface area contributed by atoms with Crippen LogP contribution in [0.15, 0.2) is 34.6 Å². The van der Waals surface area contributed by atoms with Crippen molar-refractivity contribution in [3.05, 3.63) is 30.1 Å². The van der Waals surface area contributed by atoms with Crippen molar-refractivity contribution in [1.29, 1.82) is 5.26 Å². The van der Waals surface area contributed by atoms with E-state index in [0.717, 1.165) is 36.3 Å². The Labute approximate surface area is 171 Å². The van der Waals surface area contributed by atoms with Crippen LogP contribution in [0, 0.1) is 22.5 Å². The van der Waals surface area contributed by atoms with Gasteiger partial charge in [0.15, 0.2) is 0 Å². The molecule has 0 N–H and O–H groups in total. The van der Waals surface area contributed by atoms with E-state index in [1.165, 1.54) is 31.1 Å². The van der Waals surface area contributed by atoms with Gasteiger partial charge in [0.05, 0.1) is 11.4 Å². The Balaban J connectivity index is 0.000000730. The molecule has 1 aromatic rings. The molecule has 25 heavy (non-hydrogen) atoms. The minimum absolute atomic E-state index is 0. The van der Waals surface area contributed by atoms with Gasteiger partial charge in [0.1, 0.15) is 0 Å². The van der Waals surface area contributed by atoms with Gasteiger partial charge in [-0.05, 0) is 56.6 Å². The molecule has 4 rings (SSSR count). The Hall–Kier alpha value is -1.26. The van der Waals surface area contributed by atoms with E-state index in [0.29, 0.717) is 5.17 Å². The summed E-state index contributed by atoms with van der Waals surface area (Å²) in [5.74, 6) is 1.58. The summed E-state index contributed by atoms with van der Waals surface area (Å²) in [6.45, 7) is 4.02. The van der Waals surface area contributed by atoms with Gasteiger partial charge < -0.3 is 30.2 Å². The Morgan fingerprint density at radius 2 is 1.76 bits per heavy atom. The van der Waals surface area contributed by atoms with Crippen molar-refractivity contribution in [2.45, 2.75) is 32.6 Å². The van der Waals surface area contributed by atoms with Crippen LogP contribution in [-0.4, -0.2) is 33.9 Å². The number of amidine groups is 1. The number of hydrogen-bond donors (Lipinski definition) is 0. The van der Waals surface area contributed by atoms with Crippen LogP contribution in [0.1, 0.15) is 38.3 Å². The number of nitriles is 1. The van der Waals surface area contributed by atoms with Gasteiger partial charge in [0.25, 0.3) is 0 Å². The molecule has 5 nitrogen and oxygen atoms in total. The molecule has 0 unspecified atom stereocenters. The van der Waals surface area contributed by atoms with Crippen molar-refractivity contribution in [3.63, 3.8) is 0 Å². The third kappa shape index (κ3) is 6.87. The van der Waals surface area contributed by atoms with Gasteiger partial charge >= 0.3 is 17.1 Å². The molecule has 137 valence electrons. The summed E-state index contributed by atoms with van der Waals surface area (Å²) < 4.78 is 0. The van der Waals surface area contributed by atoms with Crippen molar-refractivity contribution in [2.75, 3.05) is 13.1 Å². The summed E-state index contributed by atoms with van der Waals surface area (Å²) in [4.78, 5) is 6.52. The summed E-state index contributed by atoms with van der Waals surface area (Å²) in [5.41, 5.74) is 1.65. The predicted molar refractivity (Wildman–Crippen MR) is 101 cm³/mol. The minimum atomic E-state index is 0. The zero-order valence-corrected chi connectivity index (χ0v) is 16.6. The second-order valence-corrected chi connectivity index (χ2v) is 6.71. The van der Waals surface area contributed by atoms with Gasteiger partial charge in [-0.2, -0.15) is 10.2 Å². The largest absolute Gasteiger partial charge is 2.00 e.